The minimum Gasteiger partial charge on any atom is -0.466 e. The van der Waals surface area contributed by atoms with Crippen LogP contribution in [-0.2, 0) is 23.8 Å². The monoisotopic (exact) mass is 295 g/mol. The van der Waals surface area contributed by atoms with Crippen LogP contribution in [0, 0.1) is 0 Å². The maximum Gasteiger partial charge on any atom is 0.362 e. The van der Waals surface area contributed by atoms with E-state index in [0.717, 1.165) is 14.2 Å². The third kappa shape index (κ3) is 3.57. The van der Waals surface area contributed by atoms with Crippen molar-refractivity contribution < 1.29 is 28.6 Å². The molecule has 7 nitrogen and oxygen atoms in total. The number of carbonyl (C=O) groups excluding carboxylic acids is 3. The van der Waals surface area contributed by atoms with E-state index in [4.69, 9.17) is 10.5 Å². The molecule has 114 valence electrons. The van der Waals surface area contributed by atoms with E-state index in [1.54, 1.807) is 18.2 Å². The van der Waals surface area contributed by atoms with Crippen molar-refractivity contribution in [2.24, 2.45) is 5.73 Å². The van der Waals surface area contributed by atoms with Gasteiger partial charge in [0.25, 0.3) is 0 Å². The Hall–Kier alpha value is -2.41. The van der Waals surface area contributed by atoms with Gasteiger partial charge in [-0.05, 0) is 18.7 Å². The molecule has 0 amide bonds. The molecule has 0 aliphatic carbocycles. The minimum absolute atomic E-state index is 0.0771. The van der Waals surface area contributed by atoms with E-state index in [0.29, 0.717) is 0 Å². The fourth-order valence-corrected chi connectivity index (χ4v) is 1.75. The van der Waals surface area contributed by atoms with Crippen molar-refractivity contribution >= 4 is 17.9 Å². The lowest BCUT2D eigenvalue weighted by atomic mass is 9.99. The molecule has 0 radical (unpaired) electrons. The smallest absolute Gasteiger partial charge is 0.362 e. The van der Waals surface area contributed by atoms with Gasteiger partial charge in [0.15, 0.2) is 0 Å². The van der Waals surface area contributed by atoms with Crippen molar-refractivity contribution in [2.75, 3.05) is 20.8 Å². The summed E-state index contributed by atoms with van der Waals surface area (Å²) >= 11 is 0. The van der Waals surface area contributed by atoms with Gasteiger partial charge in [-0.25, -0.2) is 14.4 Å². The molecule has 0 heterocycles. The Morgan fingerprint density at radius 2 is 1.57 bits per heavy atom. The summed E-state index contributed by atoms with van der Waals surface area (Å²) in [6.45, 7) is -0.0771. The second-order valence-electron chi connectivity index (χ2n) is 4.10. The average Bonchev–Trinajstić information content (AvgIpc) is 2.53. The first-order valence-corrected chi connectivity index (χ1v) is 6.17. The molecule has 1 rings (SSSR count). The molecule has 0 fully saturated rings. The lowest BCUT2D eigenvalue weighted by Crippen LogP contribution is -2.53. The number of nitrogens with two attached hydrogens (primary N) is 1. The molecule has 0 bridgehead atoms. The topological polar surface area (TPSA) is 105 Å². The van der Waals surface area contributed by atoms with Crippen LogP contribution in [-0.4, -0.2) is 44.3 Å². The average molecular weight is 295 g/mol. The third-order valence-corrected chi connectivity index (χ3v) is 2.80. The first-order valence-electron chi connectivity index (χ1n) is 6.17. The fourth-order valence-electron chi connectivity index (χ4n) is 1.75. The van der Waals surface area contributed by atoms with E-state index in [2.05, 4.69) is 9.47 Å². The van der Waals surface area contributed by atoms with E-state index in [9.17, 15) is 14.4 Å². The summed E-state index contributed by atoms with van der Waals surface area (Å²) in [5.74, 6) is -2.92. The van der Waals surface area contributed by atoms with Gasteiger partial charge in [0.2, 0.25) is 0 Å². The van der Waals surface area contributed by atoms with Crippen molar-refractivity contribution in [3.8, 4) is 0 Å². The molecule has 21 heavy (non-hydrogen) atoms. The number of carbonyl (C=O) groups is 3. The van der Waals surface area contributed by atoms with Gasteiger partial charge >= 0.3 is 23.5 Å². The number of esters is 3. The number of methoxy groups -OCH3 is 2. The summed E-state index contributed by atoms with van der Waals surface area (Å²) in [5, 5.41) is 0. The van der Waals surface area contributed by atoms with Crippen molar-refractivity contribution in [1.29, 1.82) is 0 Å². The standard InChI is InChI=1S/C14H17NO6/c1-19-12(17)14(8-9-15,13(18)20-2)21-11(16)10-6-4-3-5-7-10/h3-7H,8-9,15H2,1-2H3. The lowest BCUT2D eigenvalue weighted by Gasteiger charge is -2.27. The molecule has 0 spiro atoms. The van der Waals surface area contributed by atoms with Crippen molar-refractivity contribution in [3.05, 3.63) is 35.9 Å². The Bertz CT molecular complexity index is 497. The number of hydrogen-bond donors (Lipinski definition) is 1. The Labute approximate surface area is 122 Å². The molecule has 0 aliphatic heterocycles. The van der Waals surface area contributed by atoms with E-state index in [1.165, 1.54) is 12.1 Å². The minimum atomic E-state index is -2.20. The highest BCUT2D eigenvalue weighted by molar-refractivity contribution is 6.06. The fraction of sp³-hybridized carbons (Fsp3) is 0.357. The summed E-state index contributed by atoms with van der Waals surface area (Å²) in [5.41, 5.74) is 3.39. The number of ether oxygens (including phenoxy) is 3. The maximum atomic E-state index is 12.1. The molecule has 0 aliphatic rings. The normalized spacial score (nSPS) is 10.6. The molecule has 1 aromatic carbocycles. The summed E-state index contributed by atoms with van der Waals surface area (Å²) in [6, 6.07) is 7.94. The van der Waals surface area contributed by atoms with Crippen molar-refractivity contribution in [3.63, 3.8) is 0 Å². The first-order chi connectivity index (χ1) is 10.0. The summed E-state index contributed by atoms with van der Waals surface area (Å²) in [4.78, 5) is 36.0. The van der Waals surface area contributed by atoms with Gasteiger partial charge in [-0.1, -0.05) is 18.2 Å². The van der Waals surface area contributed by atoms with Crippen LogP contribution in [0.3, 0.4) is 0 Å². The lowest BCUT2D eigenvalue weighted by molar-refractivity contribution is -0.181. The van der Waals surface area contributed by atoms with Crippen LogP contribution in [0.5, 0.6) is 0 Å². The van der Waals surface area contributed by atoms with Gasteiger partial charge in [0, 0.05) is 6.42 Å². The maximum absolute atomic E-state index is 12.1. The van der Waals surface area contributed by atoms with Gasteiger partial charge in [-0.3, -0.25) is 0 Å². The highest BCUT2D eigenvalue weighted by Crippen LogP contribution is 2.22. The Morgan fingerprint density at radius 3 is 2.00 bits per heavy atom. The van der Waals surface area contributed by atoms with Crippen LogP contribution in [0.4, 0.5) is 0 Å². The first kappa shape index (κ1) is 16.6. The van der Waals surface area contributed by atoms with Gasteiger partial charge < -0.3 is 19.9 Å². The second kappa shape index (κ2) is 7.39. The van der Waals surface area contributed by atoms with E-state index in [1.807, 2.05) is 0 Å². The number of rotatable bonds is 6. The summed E-state index contributed by atoms with van der Waals surface area (Å²) < 4.78 is 14.2. The Balaban J connectivity index is 3.14. The van der Waals surface area contributed by atoms with Crippen LogP contribution in [0.2, 0.25) is 0 Å². The van der Waals surface area contributed by atoms with E-state index < -0.39 is 23.5 Å². The van der Waals surface area contributed by atoms with Crippen LogP contribution < -0.4 is 5.73 Å². The highest BCUT2D eigenvalue weighted by Gasteiger charge is 2.52. The zero-order chi connectivity index (χ0) is 15.9. The summed E-state index contributed by atoms with van der Waals surface area (Å²) in [6.07, 6.45) is -0.245. The predicted octanol–water partition coefficient (Wildman–Crippen LogP) is 0.277. The number of benzene rings is 1. The molecule has 0 saturated heterocycles. The van der Waals surface area contributed by atoms with Crippen LogP contribution in [0.1, 0.15) is 16.8 Å². The molecule has 0 unspecified atom stereocenters. The van der Waals surface area contributed by atoms with Crippen LogP contribution >= 0.6 is 0 Å². The van der Waals surface area contributed by atoms with Crippen LogP contribution in [0.25, 0.3) is 0 Å². The molecule has 0 atom stereocenters. The molecule has 7 heteroatoms. The van der Waals surface area contributed by atoms with Crippen molar-refractivity contribution in [1.82, 2.24) is 0 Å². The van der Waals surface area contributed by atoms with Gasteiger partial charge in [-0.15, -0.1) is 0 Å². The molecule has 1 aromatic rings. The van der Waals surface area contributed by atoms with E-state index in [-0.39, 0.29) is 18.5 Å². The molecule has 2 N–H and O–H groups in total. The van der Waals surface area contributed by atoms with Gasteiger partial charge in [0.05, 0.1) is 19.8 Å². The molecule has 0 saturated carbocycles. The number of hydrogen-bond acceptors (Lipinski definition) is 7. The highest BCUT2D eigenvalue weighted by atomic mass is 16.6. The zero-order valence-corrected chi connectivity index (χ0v) is 11.8. The Morgan fingerprint density at radius 1 is 1.05 bits per heavy atom. The third-order valence-electron chi connectivity index (χ3n) is 2.80. The van der Waals surface area contributed by atoms with Crippen molar-refractivity contribution in [2.45, 2.75) is 12.0 Å². The van der Waals surface area contributed by atoms with E-state index >= 15 is 0 Å². The second-order valence-corrected chi connectivity index (χ2v) is 4.10. The quantitative estimate of drug-likeness (QED) is 0.456. The molecule has 0 aromatic heterocycles. The van der Waals surface area contributed by atoms with Crippen LogP contribution in [0.15, 0.2) is 30.3 Å². The summed E-state index contributed by atoms with van der Waals surface area (Å²) in [7, 11) is 2.15. The zero-order valence-electron chi connectivity index (χ0n) is 11.8. The SMILES string of the molecule is COC(=O)C(CCN)(OC(=O)c1ccccc1)C(=O)OC. The van der Waals surface area contributed by atoms with Gasteiger partial charge in [0.1, 0.15) is 0 Å². The largest absolute Gasteiger partial charge is 0.466 e. The molecular weight excluding hydrogens is 278 g/mol. The Kier molecular flexibility index (Phi) is 5.86. The molecular formula is C14H17NO6. The van der Waals surface area contributed by atoms with Gasteiger partial charge in [-0.2, -0.15) is 0 Å². The predicted molar refractivity (Wildman–Crippen MR) is 72.3 cm³/mol.